The van der Waals surface area contributed by atoms with Crippen LogP contribution in [0.1, 0.15) is 19.2 Å². The van der Waals surface area contributed by atoms with E-state index in [0.29, 0.717) is 6.54 Å². The Morgan fingerprint density at radius 1 is 1.15 bits per heavy atom. The number of hydrogen-bond donors (Lipinski definition) is 2. The largest absolute Gasteiger partial charge is 0.356 e. The Bertz CT molecular complexity index is 837. The number of guanidine groups is 1. The van der Waals surface area contributed by atoms with Crippen LogP contribution in [-0.4, -0.2) is 38.9 Å². The van der Waals surface area contributed by atoms with Crippen LogP contribution in [0, 0.1) is 0 Å². The van der Waals surface area contributed by atoms with Gasteiger partial charge in [0.15, 0.2) is 11.8 Å². The van der Waals surface area contributed by atoms with E-state index in [1.54, 1.807) is 13.4 Å². The van der Waals surface area contributed by atoms with E-state index < -0.39 is 0 Å². The van der Waals surface area contributed by atoms with Gasteiger partial charge < -0.3 is 19.8 Å². The Hall–Kier alpha value is -2.10. The molecule has 0 saturated heterocycles. The van der Waals surface area contributed by atoms with Gasteiger partial charge in [0, 0.05) is 38.4 Å². The van der Waals surface area contributed by atoms with E-state index in [-0.39, 0.29) is 24.0 Å². The summed E-state index contributed by atoms with van der Waals surface area (Å²) >= 11 is 0. The molecule has 1 aromatic carbocycles. The molecule has 0 fully saturated rings. The average molecular weight is 467 g/mol. The molecular weight excluding hydrogens is 441 g/mol. The summed E-state index contributed by atoms with van der Waals surface area (Å²) in [6.45, 7) is 5.37. The van der Waals surface area contributed by atoms with Crippen molar-refractivity contribution in [1.82, 2.24) is 30.0 Å². The molecule has 0 aliphatic rings. The van der Waals surface area contributed by atoms with Gasteiger partial charge in [-0.3, -0.25) is 4.99 Å². The number of para-hydroxylation sites is 1. The molecule has 0 atom stereocenters. The quantitative estimate of drug-likeness (QED) is 0.243. The van der Waals surface area contributed by atoms with Gasteiger partial charge in [0.25, 0.3) is 0 Å². The number of aliphatic imine (C=N–C) groups is 1. The normalized spacial score (nSPS) is 11.4. The summed E-state index contributed by atoms with van der Waals surface area (Å²) in [5, 5.41) is 16.0. The summed E-state index contributed by atoms with van der Waals surface area (Å²) in [6, 6.07) is 10.6. The summed E-state index contributed by atoms with van der Waals surface area (Å²) < 4.78 is 4.30. The number of benzene rings is 1. The van der Waals surface area contributed by atoms with E-state index in [1.165, 1.54) is 10.9 Å². The van der Waals surface area contributed by atoms with Gasteiger partial charge in [-0.2, -0.15) is 0 Å². The van der Waals surface area contributed by atoms with Crippen LogP contribution in [0.5, 0.6) is 0 Å². The van der Waals surface area contributed by atoms with E-state index in [9.17, 15) is 0 Å². The first-order valence-corrected chi connectivity index (χ1v) is 8.67. The number of fused-ring (bicyclic) bond motifs is 1. The smallest absolute Gasteiger partial charge is 0.191 e. The van der Waals surface area contributed by atoms with Crippen LogP contribution in [0.25, 0.3) is 10.9 Å². The SMILES string of the molecule is CCn1cnnc1CNC(=NC)NCCCn1ccc2ccccc21.I. The van der Waals surface area contributed by atoms with Gasteiger partial charge in [-0.05, 0) is 30.9 Å². The number of aromatic nitrogens is 4. The molecular formula is C18H26IN7. The van der Waals surface area contributed by atoms with Crippen molar-refractivity contribution in [1.29, 1.82) is 0 Å². The predicted molar refractivity (Wildman–Crippen MR) is 116 cm³/mol. The standard InChI is InChI=1S/C18H25N7.HI/c1-3-24-14-22-23-17(24)13-21-18(19-2)20-10-6-11-25-12-9-15-7-4-5-8-16(15)25;/h4-5,7-9,12,14H,3,6,10-11,13H2,1-2H3,(H2,19,20,21);1H. The van der Waals surface area contributed by atoms with Gasteiger partial charge in [-0.25, -0.2) is 0 Å². The zero-order valence-corrected chi connectivity index (χ0v) is 17.6. The molecule has 0 bridgehead atoms. The first-order chi connectivity index (χ1) is 12.3. The van der Waals surface area contributed by atoms with Crippen LogP contribution in [0.2, 0.25) is 0 Å². The molecule has 2 heterocycles. The predicted octanol–water partition coefficient (Wildman–Crippen LogP) is 2.63. The van der Waals surface area contributed by atoms with Gasteiger partial charge in [0.2, 0.25) is 0 Å². The maximum Gasteiger partial charge on any atom is 0.191 e. The Kier molecular flexibility index (Phi) is 7.89. The summed E-state index contributed by atoms with van der Waals surface area (Å²) in [6.07, 6.45) is 4.91. The minimum atomic E-state index is 0. The summed E-state index contributed by atoms with van der Waals surface area (Å²) in [5.74, 6) is 1.69. The van der Waals surface area contributed by atoms with Crippen molar-refractivity contribution < 1.29 is 0 Å². The molecule has 0 unspecified atom stereocenters. The molecule has 0 aliphatic heterocycles. The van der Waals surface area contributed by atoms with Gasteiger partial charge in [-0.1, -0.05) is 18.2 Å². The van der Waals surface area contributed by atoms with E-state index in [1.807, 2.05) is 4.57 Å². The second-order valence-corrected chi connectivity index (χ2v) is 5.81. The van der Waals surface area contributed by atoms with Gasteiger partial charge in [0.05, 0.1) is 6.54 Å². The minimum Gasteiger partial charge on any atom is -0.356 e. The highest BCUT2D eigenvalue weighted by Crippen LogP contribution is 2.15. The topological polar surface area (TPSA) is 72.1 Å². The molecule has 3 aromatic rings. The molecule has 2 aromatic heterocycles. The molecule has 140 valence electrons. The van der Waals surface area contributed by atoms with Gasteiger partial charge in [0.1, 0.15) is 6.33 Å². The van der Waals surface area contributed by atoms with Crippen LogP contribution >= 0.6 is 24.0 Å². The van der Waals surface area contributed by atoms with Crippen molar-refractivity contribution in [3.63, 3.8) is 0 Å². The Balaban J connectivity index is 0.00000243. The monoisotopic (exact) mass is 467 g/mol. The van der Waals surface area contributed by atoms with Crippen LogP contribution < -0.4 is 10.6 Å². The highest BCUT2D eigenvalue weighted by Gasteiger charge is 2.04. The number of nitrogens with one attached hydrogen (secondary N) is 2. The number of nitrogens with zero attached hydrogens (tertiary/aromatic N) is 5. The number of halogens is 1. The lowest BCUT2D eigenvalue weighted by molar-refractivity contribution is 0.633. The maximum atomic E-state index is 4.26. The second kappa shape index (κ2) is 10.1. The number of aryl methyl sites for hydroxylation is 2. The van der Waals surface area contributed by atoms with Crippen molar-refractivity contribution in [3.8, 4) is 0 Å². The first-order valence-electron chi connectivity index (χ1n) is 8.67. The Labute approximate surface area is 170 Å². The molecule has 0 saturated carbocycles. The molecule has 2 N–H and O–H groups in total. The fourth-order valence-corrected chi connectivity index (χ4v) is 2.86. The van der Waals surface area contributed by atoms with Crippen LogP contribution in [-0.2, 0) is 19.6 Å². The van der Waals surface area contributed by atoms with Crippen LogP contribution in [0.3, 0.4) is 0 Å². The fourth-order valence-electron chi connectivity index (χ4n) is 2.86. The minimum absolute atomic E-state index is 0. The molecule has 7 nitrogen and oxygen atoms in total. The Morgan fingerprint density at radius 2 is 2.00 bits per heavy atom. The summed E-state index contributed by atoms with van der Waals surface area (Å²) in [5.41, 5.74) is 1.28. The number of hydrogen-bond acceptors (Lipinski definition) is 3. The highest BCUT2D eigenvalue weighted by atomic mass is 127. The third kappa shape index (κ3) is 4.96. The van der Waals surface area contributed by atoms with Crippen molar-refractivity contribution in [3.05, 3.63) is 48.7 Å². The summed E-state index contributed by atoms with van der Waals surface area (Å²) in [7, 11) is 1.78. The molecule has 3 rings (SSSR count). The zero-order valence-electron chi connectivity index (χ0n) is 15.2. The third-order valence-corrected chi connectivity index (χ3v) is 4.22. The van der Waals surface area contributed by atoms with E-state index in [4.69, 9.17) is 0 Å². The van der Waals surface area contributed by atoms with Crippen molar-refractivity contribution in [2.24, 2.45) is 4.99 Å². The fraction of sp³-hybridized carbons (Fsp3) is 0.389. The first kappa shape index (κ1) is 20.2. The Morgan fingerprint density at radius 3 is 2.81 bits per heavy atom. The van der Waals surface area contributed by atoms with E-state index in [2.05, 4.69) is 73.8 Å². The molecule has 0 amide bonds. The maximum absolute atomic E-state index is 4.26. The lowest BCUT2D eigenvalue weighted by Crippen LogP contribution is -2.38. The third-order valence-electron chi connectivity index (χ3n) is 4.22. The molecule has 8 heteroatoms. The lowest BCUT2D eigenvalue weighted by Gasteiger charge is -2.12. The van der Waals surface area contributed by atoms with Gasteiger partial charge in [-0.15, -0.1) is 34.2 Å². The van der Waals surface area contributed by atoms with Crippen LogP contribution in [0.4, 0.5) is 0 Å². The second-order valence-electron chi connectivity index (χ2n) is 5.81. The number of rotatable bonds is 7. The summed E-state index contributed by atoms with van der Waals surface area (Å²) in [4.78, 5) is 4.26. The average Bonchev–Trinajstić information content (AvgIpc) is 3.27. The van der Waals surface area contributed by atoms with Crippen LogP contribution in [0.15, 0.2) is 47.8 Å². The zero-order chi connectivity index (χ0) is 17.5. The molecule has 0 spiro atoms. The van der Waals surface area contributed by atoms with E-state index in [0.717, 1.165) is 37.8 Å². The molecule has 0 radical (unpaired) electrons. The lowest BCUT2D eigenvalue weighted by atomic mass is 10.2. The van der Waals surface area contributed by atoms with Crippen molar-refractivity contribution >= 4 is 40.8 Å². The van der Waals surface area contributed by atoms with Gasteiger partial charge >= 0.3 is 0 Å². The van der Waals surface area contributed by atoms with Crippen molar-refractivity contribution in [2.45, 2.75) is 33.0 Å². The van der Waals surface area contributed by atoms with E-state index >= 15 is 0 Å². The molecule has 0 aliphatic carbocycles. The van der Waals surface area contributed by atoms with Crippen molar-refractivity contribution in [2.75, 3.05) is 13.6 Å². The molecule has 26 heavy (non-hydrogen) atoms. The highest BCUT2D eigenvalue weighted by molar-refractivity contribution is 14.0.